The van der Waals surface area contributed by atoms with E-state index in [0.29, 0.717) is 35.6 Å². The number of halogens is 3. The van der Waals surface area contributed by atoms with Crippen molar-refractivity contribution in [3.8, 4) is 11.3 Å². The molecule has 1 unspecified atom stereocenters. The van der Waals surface area contributed by atoms with Crippen molar-refractivity contribution in [1.29, 1.82) is 0 Å². The molecule has 0 saturated heterocycles. The molecule has 4 rings (SSSR count). The fourth-order valence-electron chi connectivity index (χ4n) is 3.84. The Morgan fingerprint density at radius 1 is 1.18 bits per heavy atom. The molecule has 34 heavy (non-hydrogen) atoms. The number of nitrogens with zero attached hydrogens (tertiary/aromatic N) is 5. The van der Waals surface area contributed by atoms with Crippen molar-refractivity contribution in [2.24, 2.45) is 0 Å². The lowest BCUT2D eigenvalue weighted by molar-refractivity contribution is -0.144. The van der Waals surface area contributed by atoms with Gasteiger partial charge in [-0.3, -0.25) is 4.79 Å². The molecule has 11 heteroatoms. The number of amides is 1. The van der Waals surface area contributed by atoms with Crippen LogP contribution >= 0.6 is 0 Å². The van der Waals surface area contributed by atoms with E-state index in [0.717, 1.165) is 15.8 Å². The number of fused-ring (bicyclic) bond motifs is 1. The number of carbonyl (C=O) groups excluding carboxylic acids is 1. The number of benzene rings is 1. The van der Waals surface area contributed by atoms with Crippen LogP contribution in [0.5, 0.6) is 0 Å². The molecule has 1 aromatic carbocycles. The summed E-state index contributed by atoms with van der Waals surface area (Å²) in [6.07, 6.45) is -1.84. The zero-order valence-corrected chi connectivity index (χ0v) is 18.9. The van der Waals surface area contributed by atoms with Crippen LogP contribution in [-0.4, -0.2) is 35.5 Å². The maximum absolute atomic E-state index is 13.0. The Morgan fingerprint density at radius 3 is 2.59 bits per heavy atom. The summed E-state index contributed by atoms with van der Waals surface area (Å²) in [6.45, 7) is 5.28. The smallest absolute Gasteiger partial charge is 0.346 e. The molecule has 8 nitrogen and oxygen atoms in total. The number of aromatic amines is 1. The maximum Gasteiger partial charge on any atom is 0.453 e. The molecule has 1 atom stereocenters. The van der Waals surface area contributed by atoms with Crippen LogP contribution in [0.1, 0.15) is 54.4 Å². The van der Waals surface area contributed by atoms with Gasteiger partial charge in [-0.1, -0.05) is 37.3 Å². The number of rotatable bonds is 7. The van der Waals surface area contributed by atoms with E-state index in [1.165, 1.54) is 0 Å². The normalized spacial score (nSPS) is 12.8. The molecule has 2 N–H and O–H groups in total. The third-order valence-corrected chi connectivity index (χ3v) is 5.66. The van der Waals surface area contributed by atoms with E-state index < -0.39 is 12.0 Å². The highest BCUT2D eigenvalue weighted by atomic mass is 19.4. The maximum atomic E-state index is 13.0. The quantitative estimate of drug-likeness (QED) is 0.417. The van der Waals surface area contributed by atoms with E-state index in [1.54, 1.807) is 20.0 Å². The summed E-state index contributed by atoms with van der Waals surface area (Å²) in [7, 11) is 0. The highest BCUT2D eigenvalue weighted by Gasteiger charge is 2.37. The summed E-state index contributed by atoms with van der Waals surface area (Å²) in [4.78, 5) is 28.0. The van der Waals surface area contributed by atoms with Crippen molar-refractivity contribution in [2.45, 2.75) is 52.3 Å². The van der Waals surface area contributed by atoms with E-state index in [4.69, 9.17) is 0 Å². The second-order valence-electron chi connectivity index (χ2n) is 7.98. The number of carbonyl (C=O) groups is 1. The van der Waals surface area contributed by atoms with Crippen LogP contribution in [0.15, 0.2) is 36.5 Å². The van der Waals surface area contributed by atoms with Crippen molar-refractivity contribution in [2.75, 3.05) is 0 Å². The summed E-state index contributed by atoms with van der Waals surface area (Å²) in [5.41, 5.74) is 3.52. The van der Waals surface area contributed by atoms with Crippen LogP contribution in [0.4, 0.5) is 13.2 Å². The Morgan fingerprint density at radius 2 is 1.91 bits per heavy atom. The molecule has 0 aliphatic carbocycles. The monoisotopic (exact) mass is 471 g/mol. The average molecular weight is 471 g/mol. The van der Waals surface area contributed by atoms with Crippen molar-refractivity contribution >= 4 is 11.7 Å². The van der Waals surface area contributed by atoms with Crippen molar-refractivity contribution in [3.63, 3.8) is 0 Å². The van der Waals surface area contributed by atoms with Gasteiger partial charge in [0.15, 0.2) is 0 Å². The van der Waals surface area contributed by atoms with Gasteiger partial charge in [0, 0.05) is 17.8 Å². The van der Waals surface area contributed by atoms with Crippen LogP contribution in [-0.2, 0) is 17.4 Å². The topological polar surface area (TPSA) is 101 Å². The molecule has 0 fully saturated rings. The van der Waals surface area contributed by atoms with Gasteiger partial charge < -0.3 is 10.3 Å². The molecule has 4 aromatic rings. The van der Waals surface area contributed by atoms with Gasteiger partial charge >= 0.3 is 6.18 Å². The lowest BCUT2D eigenvalue weighted by Crippen LogP contribution is -2.29. The Balaban J connectivity index is 1.45. The number of nitrogens with one attached hydrogen (secondary N) is 2. The van der Waals surface area contributed by atoms with Crippen LogP contribution < -0.4 is 5.32 Å². The number of imidazole rings is 1. The number of hydrogen-bond acceptors (Lipinski definition) is 5. The summed E-state index contributed by atoms with van der Waals surface area (Å²) < 4.78 is 40.0. The summed E-state index contributed by atoms with van der Waals surface area (Å²) >= 11 is 0. The van der Waals surface area contributed by atoms with Crippen LogP contribution in [0.3, 0.4) is 0 Å². The zero-order chi connectivity index (χ0) is 24.5. The highest BCUT2D eigenvalue weighted by molar-refractivity contribution is 5.76. The molecule has 0 radical (unpaired) electrons. The van der Waals surface area contributed by atoms with Crippen LogP contribution in [0.25, 0.3) is 17.0 Å². The average Bonchev–Trinajstić information content (AvgIpc) is 3.45. The summed E-state index contributed by atoms with van der Waals surface area (Å²) in [5, 5.41) is 6.53. The lowest BCUT2D eigenvalue weighted by Gasteiger charge is -2.15. The molecular formula is C23H24F3N7O. The Bertz CT molecular complexity index is 1310. The third-order valence-electron chi connectivity index (χ3n) is 5.66. The van der Waals surface area contributed by atoms with Gasteiger partial charge in [-0.2, -0.15) is 18.2 Å². The SMILES string of the molecule is CCC(NC(=O)CCc1c(C)nc2nc(C(F)(F)F)nn2c1C)c1ncc(-c2ccccc2)[nH]1. The molecule has 0 aliphatic heterocycles. The summed E-state index contributed by atoms with van der Waals surface area (Å²) in [6, 6.07) is 9.46. The van der Waals surface area contributed by atoms with E-state index in [-0.39, 0.29) is 24.1 Å². The van der Waals surface area contributed by atoms with Crippen molar-refractivity contribution in [3.05, 3.63) is 65.1 Å². The lowest BCUT2D eigenvalue weighted by atomic mass is 10.1. The first-order valence-electron chi connectivity index (χ1n) is 10.9. The first kappa shape index (κ1) is 23.4. The molecule has 1 amide bonds. The molecule has 0 saturated carbocycles. The standard InChI is InChI=1S/C23H24F3N7O/c1-4-17(20-27-12-18(30-20)15-8-6-5-7-9-15)29-19(34)11-10-16-13(2)28-22-31-21(23(24,25)26)32-33(22)14(16)3/h5-9,12,17H,4,10-11H2,1-3H3,(H,27,30)(H,29,34). The van der Waals surface area contributed by atoms with E-state index in [9.17, 15) is 18.0 Å². The number of H-pyrrole nitrogens is 1. The van der Waals surface area contributed by atoms with Gasteiger partial charge in [0.05, 0.1) is 17.9 Å². The number of hydrogen-bond donors (Lipinski definition) is 2. The number of aromatic nitrogens is 6. The van der Waals surface area contributed by atoms with E-state index in [2.05, 4.69) is 30.4 Å². The Labute approximate surface area is 193 Å². The first-order chi connectivity index (χ1) is 16.2. The van der Waals surface area contributed by atoms with Gasteiger partial charge in [-0.05, 0) is 37.8 Å². The third kappa shape index (κ3) is 4.78. The van der Waals surface area contributed by atoms with E-state index in [1.807, 2.05) is 37.3 Å². The van der Waals surface area contributed by atoms with Gasteiger partial charge in [0.25, 0.3) is 11.6 Å². The number of alkyl halides is 3. The fourth-order valence-corrected chi connectivity index (χ4v) is 3.84. The molecule has 178 valence electrons. The summed E-state index contributed by atoms with van der Waals surface area (Å²) in [5.74, 6) is -0.893. The molecule has 0 bridgehead atoms. The second-order valence-corrected chi connectivity index (χ2v) is 7.98. The first-order valence-corrected chi connectivity index (χ1v) is 10.9. The molecule has 3 heterocycles. The number of aryl methyl sites for hydroxylation is 2. The van der Waals surface area contributed by atoms with Gasteiger partial charge in [0.1, 0.15) is 5.82 Å². The van der Waals surface area contributed by atoms with Gasteiger partial charge in [-0.25, -0.2) is 14.5 Å². The van der Waals surface area contributed by atoms with Gasteiger partial charge in [0.2, 0.25) is 5.91 Å². The molecule has 0 spiro atoms. The van der Waals surface area contributed by atoms with Crippen molar-refractivity contribution in [1.82, 2.24) is 34.9 Å². The zero-order valence-electron chi connectivity index (χ0n) is 18.9. The highest BCUT2D eigenvalue weighted by Crippen LogP contribution is 2.27. The minimum absolute atomic E-state index is 0.117. The van der Waals surface area contributed by atoms with Gasteiger partial charge in [-0.15, -0.1) is 5.10 Å². The fraction of sp³-hybridized carbons (Fsp3) is 0.348. The largest absolute Gasteiger partial charge is 0.453 e. The minimum Gasteiger partial charge on any atom is -0.346 e. The predicted molar refractivity (Wildman–Crippen MR) is 119 cm³/mol. The Kier molecular flexibility index (Phi) is 6.36. The molecule has 0 aliphatic rings. The Hall–Kier alpha value is -3.76. The second kappa shape index (κ2) is 9.24. The van der Waals surface area contributed by atoms with Crippen molar-refractivity contribution < 1.29 is 18.0 Å². The predicted octanol–water partition coefficient (Wildman–Crippen LogP) is 4.35. The van der Waals surface area contributed by atoms with E-state index >= 15 is 0 Å². The molecular weight excluding hydrogens is 447 g/mol. The molecule has 3 aromatic heterocycles. The minimum atomic E-state index is -4.66. The van der Waals surface area contributed by atoms with Crippen LogP contribution in [0, 0.1) is 13.8 Å². The van der Waals surface area contributed by atoms with Crippen LogP contribution in [0.2, 0.25) is 0 Å².